The lowest BCUT2D eigenvalue weighted by Gasteiger charge is -2.19. The molecular formula is C23H25N5O3. The summed E-state index contributed by atoms with van der Waals surface area (Å²) >= 11 is 0. The number of cyclic esters (lactones) is 1. The van der Waals surface area contributed by atoms with E-state index < -0.39 is 6.09 Å². The van der Waals surface area contributed by atoms with Gasteiger partial charge in [-0.3, -0.25) is 0 Å². The van der Waals surface area contributed by atoms with E-state index in [2.05, 4.69) is 20.3 Å². The molecule has 0 radical (unpaired) electrons. The van der Waals surface area contributed by atoms with Crippen LogP contribution in [0.15, 0.2) is 54.6 Å². The van der Waals surface area contributed by atoms with Crippen molar-refractivity contribution in [2.75, 3.05) is 16.8 Å². The zero-order chi connectivity index (χ0) is 21.6. The number of hydrogen-bond donors (Lipinski definition) is 1. The average Bonchev–Trinajstić information content (AvgIpc) is 3.19. The van der Waals surface area contributed by atoms with Gasteiger partial charge in [0.2, 0.25) is 11.9 Å². The Bertz CT molecular complexity index is 1030. The number of aromatic nitrogens is 3. The molecule has 0 bridgehead atoms. The third-order valence-corrected chi connectivity index (χ3v) is 4.99. The van der Waals surface area contributed by atoms with Crippen LogP contribution in [-0.2, 0) is 17.7 Å². The largest absolute Gasteiger partial charge is 0.457 e. The molecule has 1 aromatic heterocycles. The molecule has 0 spiro atoms. The maximum atomic E-state index is 12.2. The summed E-state index contributed by atoms with van der Waals surface area (Å²) in [5.74, 6) is 2.94. The van der Waals surface area contributed by atoms with Crippen LogP contribution in [0, 0.1) is 0 Å². The van der Waals surface area contributed by atoms with Gasteiger partial charge in [-0.25, -0.2) is 9.69 Å². The van der Waals surface area contributed by atoms with Crippen molar-refractivity contribution in [2.45, 2.75) is 39.3 Å². The number of amides is 1. The lowest BCUT2D eigenvalue weighted by atomic mass is 10.2. The van der Waals surface area contributed by atoms with E-state index >= 15 is 0 Å². The predicted octanol–water partition coefficient (Wildman–Crippen LogP) is 4.57. The molecule has 1 fully saturated rings. The molecule has 0 unspecified atom stereocenters. The summed E-state index contributed by atoms with van der Waals surface area (Å²) in [4.78, 5) is 27.0. The second-order valence-electron chi connectivity index (χ2n) is 7.15. The lowest BCUT2D eigenvalue weighted by molar-refractivity contribution is 0.178. The van der Waals surface area contributed by atoms with E-state index in [0.717, 1.165) is 23.5 Å². The predicted molar refractivity (Wildman–Crippen MR) is 117 cm³/mol. The minimum Gasteiger partial charge on any atom is -0.457 e. The van der Waals surface area contributed by atoms with Crippen molar-refractivity contribution in [2.24, 2.45) is 0 Å². The molecule has 1 aliphatic rings. The standard InChI is InChI=1S/C23H25N5O3/c1-3-17-15-30-23(29)28(17)22-26-20(4-2)25-21(27-22)24-14-16-10-12-19(13-11-16)31-18-8-6-5-7-9-18/h5-13,17H,3-4,14-15H2,1-2H3,(H,24,25,26,27)/t17-/m0/s1. The van der Waals surface area contributed by atoms with Crippen LogP contribution in [-0.4, -0.2) is 33.7 Å². The highest BCUT2D eigenvalue weighted by atomic mass is 16.6. The molecular weight excluding hydrogens is 394 g/mol. The maximum absolute atomic E-state index is 12.2. The van der Waals surface area contributed by atoms with Gasteiger partial charge in [-0.05, 0) is 36.2 Å². The van der Waals surface area contributed by atoms with Crippen LogP contribution in [0.4, 0.5) is 16.7 Å². The van der Waals surface area contributed by atoms with Gasteiger partial charge < -0.3 is 14.8 Å². The number of rotatable bonds is 8. The summed E-state index contributed by atoms with van der Waals surface area (Å²) < 4.78 is 11.0. The number of anilines is 2. The van der Waals surface area contributed by atoms with E-state index in [0.29, 0.717) is 37.3 Å². The second-order valence-corrected chi connectivity index (χ2v) is 7.15. The topological polar surface area (TPSA) is 89.5 Å². The molecule has 2 aromatic carbocycles. The fourth-order valence-electron chi connectivity index (χ4n) is 3.24. The van der Waals surface area contributed by atoms with Crippen LogP contribution in [0.25, 0.3) is 0 Å². The molecule has 160 valence electrons. The molecule has 2 heterocycles. The molecule has 31 heavy (non-hydrogen) atoms. The van der Waals surface area contributed by atoms with Gasteiger partial charge in [-0.1, -0.05) is 44.2 Å². The van der Waals surface area contributed by atoms with Gasteiger partial charge in [0.1, 0.15) is 23.9 Å². The molecule has 4 rings (SSSR count). The normalized spacial score (nSPS) is 15.6. The molecule has 0 saturated carbocycles. The average molecular weight is 419 g/mol. The Morgan fingerprint density at radius 3 is 2.48 bits per heavy atom. The van der Waals surface area contributed by atoms with Gasteiger partial charge in [0.25, 0.3) is 0 Å². The van der Waals surface area contributed by atoms with E-state index in [1.807, 2.05) is 68.4 Å². The van der Waals surface area contributed by atoms with Crippen LogP contribution in [0.2, 0.25) is 0 Å². The first kappa shape index (κ1) is 20.6. The number of carbonyl (C=O) groups excluding carboxylic acids is 1. The van der Waals surface area contributed by atoms with Gasteiger partial charge in [-0.2, -0.15) is 15.0 Å². The first-order chi connectivity index (χ1) is 15.2. The lowest BCUT2D eigenvalue weighted by Crippen LogP contribution is -2.35. The number of para-hydroxylation sites is 1. The first-order valence-corrected chi connectivity index (χ1v) is 10.4. The molecule has 1 amide bonds. The zero-order valence-electron chi connectivity index (χ0n) is 17.6. The van der Waals surface area contributed by atoms with E-state index in [9.17, 15) is 4.79 Å². The molecule has 8 nitrogen and oxygen atoms in total. The number of hydrogen-bond acceptors (Lipinski definition) is 7. The smallest absolute Gasteiger partial charge is 0.417 e. The Hall–Kier alpha value is -3.68. The highest BCUT2D eigenvalue weighted by Crippen LogP contribution is 2.23. The van der Waals surface area contributed by atoms with E-state index in [1.54, 1.807) is 0 Å². The van der Waals surface area contributed by atoms with Crippen molar-refractivity contribution in [1.29, 1.82) is 0 Å². The van der Waals surface area contributed by atoms with Gasteiger partial charge >= 0.3 is 6.09 Å². The van der Waals surface area contributed by atoms with Crippen molar-refractivity contribution >= 4 is 18.0 Å². The summed E-state index contributed by atoms with van der Waals surface area (Å²) in [5, 5.41) is 3.23. The molecule has 1 atom stereocenters. The van der Waals surface area contributed by atoms with Gasteiger partial charge in [0.05, 0.1) is 6.04 Å². The minimum atomic E-state index is -0.417. The quantitative estimate of drug-likeness (QED) is 0.572. The van der Waals surface area contributed by atoms with Crippen molar-refractivity contribution in [1.82, 2.24) is 15.0 Å². The van der Waals surface area contributed by atoms with Crippen molar-refractivity contribution in [3.05, 3.63) is 66.0 Å². The van der Waals surface area contributed by atoms with Gasteiger partial charge in [0, 0.05) is 13.0 Å². The molecule has 1 N–H and O–H groups in total. The molecule has 8 heteroatoms. The van der Waals surface area contributed by atoms with Crippen molar-refractivity contribution < 1.29 is 14.3 Å². The third-order valence-electron chi connectivity index (χ3n) is 4.99. The highest BCUT2D eigenvalue weighted by molar-refractivity contribution is 5.88. The SMILES string of the molecule is CCc1nc(NCc2ccc(Oc3ccccc3)cc2)nc(N2C(=O)OC[C@@H]2CC)n1. The van der Waals surface area contributed by atoms with Gasteiger partial charge in [-0.15, -0.1) is 0 Å². The monoisotopic (exact) mass is 419 g/mol. The Labute approximate surface area is 181 Å². The van der Waals surface area contributed by atoms with E-state index in [1.165, 1.54) is 4.90 Å². The number of aryl methyl sites for hydroxylation is 1. The molecule has 1 aliphatic heterocycles. The first-order valence-electron chi connectivity index (χ1n) is 10.4. The summed E-state index contributed by atoms with van der Waals surface area (Å²) in [5.41, 5.74) is 1.05. The van der Waals surface area contributed by atoms with E-state index in [4.69, 9.17) is 9.47 Å². The summed E-state index contributed by atoms with van der Waals surface area (Å²) in [6.45, 7) is 4.85. The third kappa shape index (κ3) is 4.91. The zero-order valence-corrected chi connectivity index (χ0v) is 17.6. The second kappa shape index (κ2) is 9.42. The summed E-state index contributed by atoms with van der Waals surface area (Å²) in [6, 6.07) is 17.4. The van der Waals surface area contributed by atoms with Crippen molar-refractivity contribution in [3.8, 4) is 11.5 Å². The fraction of sp³-hybridized carbons (Fsp3) is 0.304. The highest BCUT2D eigenvalue weighted by Gasteiger charge is 2.35. The Kier molecular flexibility index (Phi) is 6.26. The molecule has 0 aliphatic carbocycles. The summed E-state index contributed by atoms with van der Waals surface area (Å²) in [7, 11) is 0. The molecule has 3 aromatic rings. The summed E-state index contributed by atoms with van der Waals surface area (Å²) in [6.07, 6.45) is 0.981. The van der Waals surface area contributed by atoms with E-state index in [-0.39, 0.29) is 6.04 Å². The Balaban J connectivity index is 1.45. The van der Waals surface area contributed by atoms with Crippen LogP contribution in [0.1, 0.15) is 31.7 Å². The van der Waals surface area contributed by atoms with Crippen LogP contribution in [0.5, 0.6) is 11.5 Å². The molecule has 1 saturated heterocycles. The Morgan fingerprint density at radius 2 is 1.77 bits per heavy atom. The Morgan fingerprint density at radius 1 is 1.03 bits per heavy atom. The number of nitrogens with zero attached hydrogens (tertiary/aromatic N) is 4. The minimum absolute atomic E-state index is 0.0652. The van der Waals surface area contributed by atoms with Crippen LogP contribution in [0.3, 0.4) is 0 Å². The van der Waals surface area contributed by atoms with Crippen LogP contribution < -0.4 is 15.0 Å². The number of ether oxygens (including phenoxy) is 2. The van der Waals surface area contributed by atoms with Crippen LogP contribution >= 0.6 is 0 Å². The van der Waals surface area contributed by atoms with Gasteiger partial charge in [0.15, 0.2) is 0 Å². The maximum Gasteiger partial charge on any atom is 0.417 e. The number of nitrogens with one attached hydrogen (secondary N) is 1. The number of carbonyl (C=O) groups is 1. The van der Waals surface area contributed by atoms with Crippen molar-refractivity contribution in [3.63, 3.8) is 0 Å². The number of benzene rings is 2. The fourth-order valence-corrected chi connectivity index (χ4v) is 3.24.